The van der Waals surface area contributed by atoms with Crippen molar-refractivity contribution >= 4 is 51.7 Å². The Kier molecular flexibility index (Phi) is 4.70. The second kappa shape index (κ2) is 6.08. The number of carbonyl (C=O) groups is 1. The van der Waals surface area contributed by atoms with Gasteiger partial charge in [0.1, 0.15) is 0 Å². The first-order chi connectivity index (χ1) is 8.58. The molecule has 0 unspecified atom stereocenters. The highest BCUT2D eigenvalue weighted by molar-refractivity contribution is 14.1. The number of hydrogen-bond acceptors (Lipinski definition) is 2. The lowest BCUT2D eigenvalue weighted by Gasteiger charge is -2.09. The highest BCUT2D eigenvalue weighted by Gasteiger charge is 2.11. The van der Waals surface area contributed by atoms with E-state index < -0.39 is 0 Å². The van der Waals surface area contributed by atoms with Gasteiger partial charge in [-0.1, -0.05) is 35.5 Å². The second-order valence-corrected chi connectivity index (χ2v) is 6.41. The molecule has 0 fully saturated rings. The predicted molar refractivity (Wildman–Crippen MR) is 84.7 cm³/mol. The van der Waals surface area contributed by atoms with E-state index >= 15 is 0 Å². The molecule has 0 saturated carbocycles. The van der Waals surface area contributed by atoms with Crippen molar-refractivity contribution in [2.24, 2.45) is 0 Å². The number of hydrogen-bond donors (Lipinski definition) is 0. The molecule has 0 bridgehead atoms. The Bertz CT molecular complexity index is 581. The van der Waals surface area contributed by atoms with E-state index in [-0.39, 0.29) is 5.78 Å². The van der Waals surface area contributed by atoms with Gasteiger partial charge in [-0.25, -0.2) is 0 Å². The zero-order chi connectivity index (χ0) is 13.1. The Morgan fingerprint density at radius 1 is 1.17 bits per heavy atom. The van der Waals surface area contributed by atoms with Crippen LogP contribution in [0.3, 0.4) is 0 Å². The van der Waals surface area contributed by atoms with E-state index in [1.165, 1.54) is 0 Å². The van der Waals surface area contributed by atoms with Crippen molar-refractivity contribution in [2.45, 2.75) is 16.7 Å². The smallest absolute Gasteiger partial charge is 0.160 e. The minimum atomic E-state index is 0.0879. The number of benzene rings is 2. The van der Waals surface area contributed by atoms with Gasteiger partial charge in [-0.3, -0.25) is 4.79 Å². The topological polar surface area (TPSA) is 17.1 Å². The predicted octanol–water partition coefficient (Wildman–Crippen LogP) is 5.30. The van der Waals surface area contributed by atoms with Crippen LogP contribution in [0.25, 0.3) is 0 Å². The van der Waals surface area contributed by atoms with Crippen LogP contribution < -0.4 is 0 Å². The molecular weight excluding hydrogens is 379 g/mol. The summed E-state index contributed by atoms with van der Waals surface area (Å²) in [5.41, 5.74) is 0.766. The third-order valence-electron chi connectivity index (χ3n) is 2.38. The third-order valence-corrected chi connectivity index (χ3v) is 5.05. The molecule has 0 aliphatic heterocycles. The molecular formula is C14H10ClIOS. The minimum absolute atomic E-state index is 0.0879. The van der Waals surface area contributed by atoms with E-state index in [2.05, 4.69) is 22.6 Å². The van der Waals surface area contributed by atoms with Crippen LogP contribution in [-0.2, 0) is 0 Å². The van der Waals surface area contributed by atoms with E-state index in [1.807, 2.05) is 42.5 Å². The summed E-state index contributed by atoms with van der Waals surface area (Å²) in [4.78, 5) is 13.7. The molecule has 4 heteroatoms. The van der Waals surface area contributed by atoms with Crippen LogP contribution in [-0.4, -0.2) is 5.78 Å². The van der Waals surface area contributed by atoms with E-state index in [1.54, 1.807) is 18.7 Å². The first kappa shape index (κ1) is 13.9. The first-order valence-electron chi connectivity index (χ1n) is 5.31. The number of Topliss-reactive ketones (excluding diaryl/α,β-unsaturated/α-hetero) is 1. The summed E-state index contributed by atoms with van der Waals surface area (Å²) in [6, 6.07) is 13.4. The fraction of sp³-hybridized carbons (Fsp3) is 0.0714. The van der Waals surface area contributed by atoms with E-state index in [0.29, 0.717) is 5.02 Å². The molecule has 0 radical (unpaired) electrons. The molecule has 1 nitrogen and oxygen atoms in total. The molecule has 0 aromatic heterocycles. The maximum Gasteiger partial charge on any atom is 0.160 e. The fourth-order valence-corrected chi connectivity index (χ4v) is 3.46. The molecule has 0 aliphatic rings. The Hall–Kier alpha value is -0.520. The van der Waals surface area contributed by atoms with Gasteiger partial charge in [-0.15, -0.1) is 0 Å². The summed E-state index contributed by atoms with van der Waals surface area (Å²) < 4.78 is 1.08. The second-order valence-electron chi connectivity index (χ2n) is 3.73. The van der Waals surface area contributed by atoms with E-state index in [9.17, 15) is 4.79 Å². The maximum absolute atomic E-state index is 11.6. The van der Waals surface area contributed by atoms with Gasteiger partial charge in [0, 0.05) is 23.9 Å². The molecule has 0 N–H and O–H groups in total. The number of rotatable bonds is 3. The number of halogens is 2. The Morgan fingerprint density at radius 2 is 1.83 bits per heavy atom. The van der Waals surface area contributed by atoms with Crippen molar-refractivity contribution in [2.75, 3.05) is 0 Å². The van der Waals surface area contributed by atoms with Gasteiger partial charge in [0.05, 0.1) is 0 Å². The van der Waals surface area contributed by atoms with Crippen molar-refractivity contribution in [3.05, 3.63) is 56.6 Å². The summed E-state index contributed by atoms with van der Waals surface area (Å²) in [5, 5.41) is 0.717. The molecule has 0 saturated heterocycles. The van der Waals surface area contributed by atoms with Gasteiger partial charge in [-0.2, -0.15) is 0 Å². The van der Waals surface area contributed by atoms with Gasteiger partial charge < -0.3 is 0 Å². The SMILES string of the molecule is CC(=O)c1cccc(I)c1Sc1ccc(Cl)cc1. The lowest BCUT2D eigenvalue weighted by atomic mass is 10.1. The van der Waals surface area contributed by atoms with E-state index in [0.717, 1.165) is 18.9 Å². The standard InChI is InChI=1S/C14H10ClIOS/c1-9(17)12-3-2-4-13(16)14(12)18-11-7-5-10(15)6-8-11/h2-8H,1H3. The van der Waals surface area contributed by atoms with Crippen molar-refractivity contribution in [3.8, 4) is 0 Å². The molecule has 2 aromatic carbocycles. The Morgan fingerprint density at radius 3 is 2.44 bits per heavy atom. The van der Waals surface area contributed by atoms with Crippen molar-refractivity contribution in [1.82, 2.24) is 0 Å². The molecule has 2 aromatic rings. The quantitative estimate of drug-likeness (QED) is 0.524. The highest BCUT2D eigenvalue weighted by atomic mass is 127. The zero-order valence-corrected chi connectivity index (χ0v) is 13.3. The zero-order valence-electron chi connectivity index (χ0n) is 9.61. The van der Waals surface area contributed by atoms with Crippen LogP contribution in [0, 0.1) is 3.57 Å². The largest absolute Gasteiger partial charge is 0.294 e. The molecule has 0 atom stereocenters. The summed E-state index contributed by atoms with van der Waals surface area (Å²) >= 11 is 9.71. The lowest BCUT2D eigenvalue weighted by molar-refractivity contribution is 0.101. The number of ketones is 1. The van der Waals surface area contributed by atoms with Crippen molar-refractivity contribution in [3.63, 3.8) is 0 Å². The average Bonchev–Trinajstić information content (AvgIpc) is 2.34. The van der Waals surface area contributed by atoms with Gasteiger partial charge in [0.2, 0.25) is 0 Å². The molecule has 92 valence electrons. The number of carbonyl (C=O) groups excluding carboxylic acids is 1. The van der Waals surface area contributed by atoms with Gasteiger partial charge in [0.15, 0.2) is 5.78 Å². The van der Waals surface area contributed by atoms with Crippen molar-refractivity contribution in [1.29, 1.82) is 0 Å². The minimum Gasteiger partial charge on any atom is -0.294 e. The van der Waals surface area contributed by atoms with Crippen LogP contribution in [0.4, 0.5) is 0 Å². The van der Waals surface area contributed by atoms with Gasteiger partial charge in [-0.05, 0) is 59.8 Å². The first-order valence-corrected chi connectivity index (χ1v) is 7.58. The molecule has 0 heterocycles. The van der Waals surface area contributed by atoms with Crippen LogP contribution in [0.5, 0.6) is 0 Å². The Balaban J connectivity index is 2.39. The van der Waals surface area contributed by atoms with Gasteiger partial charge in [0.25, 0.3) is 0 Å². The maximum atomic E-state index is 11.6. The molecule has 18 heavy (non-hydrogen) atoms. The van der Waals surface area contributed by atoms with Gasteiger partial charge >= 0.3 is 0 Å². The van der Waals surface area contributed by atoms with Crippen LogP contribution in [0.2, 0.25) is 5.02 Å². The highest BCUT2D eigenvalue weighted by Crippen LogP contribution is 2.34. The van der Waals surface area contributed by atoms with Crippen LogP contribution in [0.1, 0.15) is 17.3 Å². The van der Waals surface area contributed by atoms with Crippen molar-refractivity contribution < 1.29 is 4.79 Å². The lowest BCUT2D eigenvalue weighted by Crippen LogP contribution is -1.96. The summed E-state index contributed by atoms with van der Waals surface area (Å²) in [5.74, 6) is 0.0879. The van der Waals surface area contributed by atoms with Crippen LogP contribution in [0.15, 0.2) is 52.3 Å². The molecule has 0 aliphatic carbocycles. The third kappa shape index (κ3) is 3.28. The Labute approximate surface area is 129 Å². The van der Waals surface area contributed by atoms with Crippen LogP contribution >= 0.6 is 46.0 Å². The summed E-state index contributed by atoms with van der Waals surface area (Å²) in [6.45, 7) is 1.59. The molecule has 0 spiro atoms. The monoisotopic (exact) mass is 388 g/mol. The molecule has 0 amide bonds. The van der Waals surface area contributed by atoms with E-state index in [4.69, 9.17) is 11.6 Å². The normalized spacial score (nSPS) is 10.4. The average molecular weight is 389 g/mol. The summed E-state index contributed by atoms with van der Waals surface area (Å²) in [7, 11) is 0. The fourth-order valence-electron chi connectivity index (χ4n) is 1.51. The molecule has 2 rings (SSSR count). The summed E-state index contributed by atoms with van der Waals surface area (Å²) in [6.07, 6.45) is 0.